The van der Waals surface area contributed by atoms with E-state index in [-0.39, 0.29) is 10.9 Å². The van der Waals surface area contributed by atoms with Gasteiger partial charge in [-0.1, -0.05) is 31.4 Å². The summed E-state index contributed by atoms with van der Waals surface area (Å²) in [5.74, 6) is 0. The lowest BCUT2D eigenvalue weighted by molar-refractivity contribution is 0.130. The number of aliphatic hydroxyl groups excluding tert-OH is 1. The van der Waals surface area contributed by atoms with E-state index in [2.05, 4.69) is 4.72 Å². The zero-order valence-corrected chi connectivity index (χ0v) is 13.1. The number of hydrogen-bond acceptors (Lipinski definition) is 4. The molecule has 4 N–H and O–H groups in total. The lowest BCUT2D eigenvalue weighted by Crippen LogP contribution is -2.42. The molecule has 21 heavy (non-hydrogen) atoms. The average Bonchev–Trinajstić information content (AvgIpc) is 2.64. The highest BCUT2D eigenvalue weighted by molar-refractivity contribution is 7.89. The highest BCUT2D eigenvalue weighted by atomic mass is 32.2. The van der Waals surface area contributed by atoms with Crippen molar-refractivity contribution in [3.8, 4) is 0 Å². The lowest BCUT2D eigenvalue weighted by atomic mass is 10.1. The third-order valence-electron chi connectivity index (χ3n) is 3.98. The molecule has 3 unspecified atom stereocenters. The van der Waals surface area contributed by atoms with Crippen molar-refractivity contribution in [3.63, 3.8) is 0 Å². The van der Waals surface area contributed by atoms with Gasteiger partial charge < -0.3 is 10.8 Å². The molecule has 0 spiro atoms. The Balaban J connectivity index is 2.19. The summed E-state index contributed by atoms with van der Waals surface area (Å²) in [7, 11) is -3.63. The fourth-order valence-electron chi connectivity index (χ4n) is 2.66. The fourth-order valence-corrected chi connectivity index (χ4v) is 4.02. The highest BCUT2D eigenvalue weighted by Gasteiger charge is 2.27. The minimum Gasteiger partial charge on any atom is -0.391 e. The Bertz CT molecular complexity index is 572. The van der Waals surface area contributed by atoms with Gasteiger partial charge in [-0.2, -0.15) is 0 Å². The van der Waals surface area contributed by atoms with Gasteiger partial charge in [-0.3, -0.25) is 0 Å². The summed E-state index contributed by atoms with van der Waals surface area (Å²) in [4.78, 5) is 0.203. The zero-order valence-electron chi connectivity index (χ0n) is 12.3. The van der Waals surface area contributed by atoms with E-state index in [4.69, 9.17) is 5.73 Å². The van der Waals surface area contributed by atoms with E-state index in [1.54, 1.807) is 18.2 Å². The van der Waals surface area contributed by atoms with Gasteiger partial charge in [0, 0.05) is 12.1 Å². The average molecular weight is 312 g/mol. The molecule has 0 heterocycles. The summed E-state index contributed by atoms with van der Waals surface area (Å²) in [6.45, 7) is 1.81. The molecular weight excluding hydrogens is 288 g/mol. The van der Waals surface area contributed by atoms with Crippen LogP contribution in [0.5, 0.6) is 0 Å². The molecule has 0 aliphatic heterocycles. The summed E-state index contributed by atoms with van der Waals surface area (Å²) in [5, 5.41) is 10.1. The third kappa shape index (κ3) is 4.26. The second-order valence-corrected chi connectivity index (χ2v) is 7.51. The summed E-state index contributed by atoms with van der Waals surface area (Å²) < 4.78 is 27.6. The smallest absolute Gasteiger partial charge is 0.240 e. The predicted molar refractivity (Wildman–Crippen MR) is 82.2 cm³/mol. The maximum Gasteiger partial charge on any atom is 0.240 e. The van der Waals surface area contributed by atoms with Gasteiger partial charge in [0.15, 0.2) is 0 Å². The first-order valence-electron chi connectivity index (χ1n) is 7.46. The molecule has 5 nitrogen and oxygen atoms in total. The second kappa shape index (κ2) is 6.87. The van der Waals surface area contributed by atoms with Gasteiger partial charge in [-0.05, 0) is 37.5 Å². The molecule has 118 valence electrons. The van der Waals surface area contributed by atoms with E-state index in [9.17, 15) is 13.5 Å². The number of nitrogens with two attached hydrogens (primary N) is 1. The molecule has 0 amide bonds. The molecule has 6 heteroatoms. The first-order chi connectivity index (χ1) is 9.90. The van der Waals surface area contributed by atoms with Gasteiger partial charge in [0.1, 0.15) is 0 Å². The van der Waals surface area contributed by atoms with Crippen LogP contribution in [0.25, 0.3) is 0 Å². The molecule has 1 aromatic rings. The van der Waals surface area contributed by atoms with Gasteiger partial charge in [-0.25, -0.2) is 13.1 Å². The van der Waals surface area contributed by atoms with Crippen LogP contribution < -0.4 is 10.5 Å². The van der Waals surface area contributed by atoms with Crippen LogP contribution in [0.4, 0.5) is 0 Å². The van der Waals surface area contributed by atoms with Crippen molar-refractivity contribution in [2.45, 2.75) is 62.1 Å². The van der Waals surface area contributed by atoms with Gasteiger partial charge in [0.25, 0.3) is 0 Å². The highest BCUT2D eigenvalue weighted by Crippen LogP contribution is 2.21. The Morgan fingerprint density at radius 2 is 2.00 bits per heavy atom. The van der Waals surface area contributed by atoms with Crippen LogP contribution in [0.2, 0.25) is 0 Å². The van der Waals surface area contributed by atoms with Crippen molar-refractivity contribution < 1.29 is 13.5 Å². The molecule has 0 radical (unpaired) electrons. The van der Waals surface area contributed by atoms with Crippen molar-refractivity contribution in [2.75, 3.05) is 0 Å². The standard InChI is InChI=1S/C15H24N2O3S/c1-11(16)12-6-5-7-13(10-12)21(19,20)17-14-8-3-2-4-9-15(14)18/h5-7,10-11,14-15,17-18H,2-4,8-9,16H2,1H3. The summed E-state index contributed by atoms with van der Waals surface area (Å²) >= 11 is 0. The van der Waals surface area contributed by atoms with Crippen LogP contribution in [0, 0.1) is 0 Å². The quantitative estimate of drug-likeness (QED) is 0.738. The van der Waals surface area contributed by atoms with Crippen LogP contribution in [0.15, 0.2) is 29.2 Å². The monoisotopic (exact) mass is 312 g/mol. The molecule has 1 fully saturated rings. The Morgan fingerprint density at radius 1 is 1.29 bits per heavy atom. The second-order valence-electron chi connectivity index (χ2n) is 5.79. The zero-order chi connectivity index (χ0) is 15.5. The van der Waals surface area contributed by atoms with Gasteiger partial charge >= 0.3 is 0 Å². The van der Waals surface area contributed by atoms with Gasteiger partial charge in [0.05, 0.1) is 11.0 Å². The predicted octanol–water partition coefficient (Wildman–Crippen LogP) is 1.68. The molecule has 0 saturated heterocycles. The summed E-state index contributed by atoms with van der Waals surface area (Å²) in [6.07, 6.45) is 3.62. The van der Waals surface area contributed by atoms with Crippen molar-refractivity contribution >= 4 is 10.0 Å². The molecule has 2 rings (SSSR count). The van der Waals surface area contributed by atoms with E-state index in [1.807, 2.05) is 13.0 Å². The van der Waals surface area contributed by atoms with E-state index in [1.165, 1.54) is 0 Å². The minimum atomic E-state index is -3.63. The van der Waals surface area contributed by atoms with E-state index in [0.29, 0.717) is 12.8 Å². The molecule has 1 aliphatic carbocycles. The number of aliphatic hydroxyl groups is 1. The Labute approximate surface area is 126 Å². The molecule has 1 aromatic carbocycles. The molecule has 1 saturated carbocycles. The molecule has 0 aromatic heterocycles. The van der Waals surface area contributed by atoms with Crippen molar-refractivity contribution in [2.24, 2.45) is 5.73 Å². The Kier molecular flexibility index (Phi) is 5.37. The van der Waals surface area contributed by atoms with E-state index >= 15 is 0 Å². The van der Waals surface area contributed by atoms with Crippen LogP contribution in [-0.4, -0.2) is 25.7 Å². The van der Waals surface area contributed by atoms with Crippen LogP contribution >= 0.6 is 0 Å². The SMILES string of the molecule is CC(N)c1cccc(S(=O)(=O)NC2CCCCCC2O)c1. The van der Waals surface area contributed by atoms with Gasteiger partial charge in [0.2, 0.25) is 10.0 Å². The number of benzene rings is 1. The largest absolute Gasteiger partial charge is 0.391 e. The summed E-state index contributed by atoms with van der Waals surface area (Å²) in [5.41, 5.74) is 6.57. The number of hydrogen-bond donors (Lipinski definition) is 3. The molecule has 0 bridgehead atoms. The normalized spacial score (nSPS) is 25.3. The number of sulfonamides is 1. The number of rotatable bonds is 4. The van der Waals surface area contributed by atoms with Crippen LogP contribution in [-0.2, 0) is 10.0 Å². The lowest BCUT2D eigenvalue weighted by Gasteiger charge is -2.22. The first-order valence-corrected chi connectivity index (χ1v) is 8.94. The van der Waals surface area contributed by atoms with Crippen LogP contribution in [0.1, 0.15) is 50.6 Å². The van der Waals surface area contributed by atoms with Crippen molar-refractivity contribution in [1.82, 2.24) is 4.72 Å². The van der Waals surface area contributed by atoms with Crippen molar-refractivity contribution in [1.29, 1.82) is 0 Å². The van der Waals surface area contributed by atoms with E-state index in [0.717, 1.165) is 24.8 Å². The molecular formula is C15H24N2O3S. The topological polar surface area (TPSA) is 92.4 Å². The van der Waals surface area contributed by atoms with Crippen molar-refractivity contribution in [3.05, 3.63) is 29.8 Å². The molecule has 3 atom stereocenters. The maximum absolute atomic E-state index is 12.5. The van der Waals surface area contributed by atoms with E-state index < -0.39 is 22.2 Å². The summed E-state index contributed by atoms with van der Waals surface area (Å²) in [6, 6.07) is 6.02. The number of nitrogens with one attached hydrogen (secondary N) is 1. The minimum absolute atomic E-state index is 0.203. The van der Waals surface area contributed by atoms with Crippen LogP contribution in [0.3, 0.4) is 0 Å². The first kappa shape index (κ1) is 16.4. The maximum atomic E-state index is 12.5. The third-order valence-corrected chi connectivity index (χ3v) is 5.47. The Hall–Kier alpha value is -0.950. The fraction of sp³-hybridized carbons (Fsp3) is 0.600. The molecule has 1 aliphatic rings. The van der Waals surface area contributed by atoms with Gasteiger partial charge in [-0.15, -0.1) is 0 Å². The Morgan fingerprint density at radius 3 is 2.71 bits per heavy atom.